The van der Waals surface area contributed by atoms with Gasteiger partial charge in [0.1, 0.15) is 5.82 Å². The fourth-order valence-electron chi connectivity index (χ4n) is 3.21. The van der Waals surface area contributed by atoms with Gasteiger partial charge < -0.3 is 10.0 Å². The van der Waals surface area contributed by atoms with E-state index in [0.717, 1.165) is 12.0 Å². The molecule has 2 amide bonds. The minimum atomic E-state index is -0.896. The summed E-state index contributed by atoms with van der Waals surface area (Å²) in [6.45, 7) is 1.09. The van der Waals surface area contributed by atoms with Crippen molar-refractivity contribution in [3.8, 4) is 0 Å². The Morgan fingerprint density at radius 1 is 1.33 bits per heavy atom. The summed E-state index contributed by atoms with van der Waals surface area (Å²) in [4.78, 5) is 26.7. The number of halogens is 1. The van der Waals surface area contributed by atoms with Crippen LogP contribution in [0.5, 0.6) is 0 Å². The molecule has 112 valence electrons. The number of aliphatic carboxylic acids is 1. The molecule has 5 nitrogen and oxygen atoms in total. The highest BCUT2D eigenvalue weighted by Crippen LogP contribution is 2.31. The summed E-state index contributed by atoms with van der Waals surface area (Å²) in [6, 6.07) is 4.02. The number of rotatable bonds is 2. The van der Waals surface area contributed by atoms with E-state index in [2.05, 4.69) is 0 Å². The number of nitrogens with zero attached hydrogens (tertiary/aromatic N) is 2. The smallest absolute Gasteiger partial charge is 0.324 e. The summed E-state index contributed by atoms with van der Waals surface area (Å²) in [5.74, 6) is -1.26. The molecule has 1 aromatic rings. The Kier molecular flexibility index (Phi) is 3.53. The Hall–Kier alpha value is -2.11. The highest BCUT2D eigenvalue weighted by Gasteiger charge is 2.35. The van der Waals surface area contributed by atoms with Crippen LogP contribution in [0.25, 0.3) is 0 Å². The second kappa shape index (κ2) is 5.35. The predicted molar refractivity (Wildman–Crippen MR) is 74.8 cm³/mol. The molecule has 1 N–H and O–H groups in total. The van der Waals surface area contributed by atoms with Crippen LogP contribution in [0.15, 0.2) is 18.2 Å². The van der Waals surface area contributed by atoms with Gasteiger partial charge in [0.25, 0.3) is 0 Å². The number of carboxylic acids is 1. The van der Waals surface area contributed by atoms with Crippen LogP contribution in [0.4, 0.5) is 14.9 Å². The number of hydrogen-bond donors (Lipinski definition) is 1. The topological polar surface area (TPSA) is 60.9 Å². The number of fused-ring (bicyclic) bond motifs is 1. The maximum atomic E-state index is 13.4. The van der Waals surface area contributed by atoms with Gasteiger partial charge in [0.05, 0.1) is 12.1 Å². The normalized spacial score (nSPS) is 20.7. The molecular weight excluding hydrogens is 275 g/mol. The van der Waals surface area contributed by atoms with Crippen LogP contribution in [0.1, 0.15) is 24.8 Å². The number of amides is 2. The van der Waals surface area contributed by atoms with Crippen molar-refractivity contribution < 1.29 is 19.1 Å². The average molecular weight is 292 g/mol. The molecule has 6 heteroatoms. The maximum Gasteiger partial charge on any atom is 0.324 e. The molecule has 1 atom stereocenters. The average Bonchev–Trinajstić information content (AvgIpc) is 3.03. The largest absolute Gasteiger partial charge is 0.481 e. The lowest BCUT2D eigenvalue weighted by atomic mass is 10.1. The molecule has 1 saturated heterocycles. The number of likely N-dealkylation sites (tertiary alicyclic amines) is 1. The molecule has 3 rings (SSSR count). The van der Waals surface area contributed by atoms with E-state index in [1.165, 1.54) is 12.1 Å². The Morgan fingerprint density at radius 2 is 2.14 bits per heavy atom. The molecule has 21 heavy (non-hydrogen) atoms. The van der Waals surface area contributed by atoms with E-state index >= 15 is 0 Å². The number of anilines is 1. The van der Waals surface area contributed by atoms with Crippen molar-refractivity contribution in [2.24, 2.45) is 0 Å². The van der Waals surface area contributed by atoms with Crippen molar-refractivity contribution in [1.82, 2.24) is 4.90 Å². The van der Waals surface area contributed by atoms with Crippen molar-refractivity contribution in [1.29, 1.82) is 0 Å². The molecule has 2 aliphatic heterocycles. The first-order chi connectivity index (χ1) is 10.1. The van der Waals surface area contributed by atoms with E-state index in [9.17, 15) is 14.0 Å². The Bertz CT molecular complexity index is 590. The summed E-state index contributed by atoms with van der Waals surface area (Å²) in [5, 5.41) is 8.93. The van der Waals surface area contributed by atoms with Gasteiger partial charge in [0.2, 0.25) is 0 Å². The van der Waals surface area contributed by atoms with E-state index in [-0.39, 0.29) is 24.3 Å². The minimum Gasteiger partial charge on any atom is -0.481 e. The summed E-state index contributed by atoms with van der Waals surface area (Å²) in [6.07, 6.45) is 2.20. The van der Waals surface area contributed by atoms with Gasteiger partial charge in [-0.1, -0.05) is 6.07 Å². The van der Waals surface area contributed by atoms with E-state index in [4.69, 9.17) is 5.11 Å². The van der Waals surface area contributed by atoms with Gasteiger partial charge in [0.15, 0.2) is 0 Å². The van der Waals surface area contributed by atoms with Gasteiger partial charge >= 0.3 is 12.0 Å². The van der Waals surface area contributed by atoms with Crippen molar-refractivity contribution in [2.45, 2.75) is 31.7 Å². The van der Waals surface area contributed by atoms with Crippen LogP contribution in [0, 0.1) is 5.82 Å². The standard InChI is InChI=1S/C15H17FN2O3/c16-11-4-3-10-5-7-18(13(10)8-11)15(21)17-6-1-2-12(17)9-14(19)20/h3-4,8,12H,1-2,5-7,9H2,(H,19,20). The number of carbonyl (C=O) groups is 2. The van der Waals surface area contributed by atoms with E-state index < -0.39 is 5.97 Å². The SMILES string of the molecule is O=C(O)CC1CCCN1C(=O)N1CCc2ccc(F)cc21. The Balaban J connectivity index is 1.81. The van der Waals surface area contributed by atoms with Crippen molar-refractivity contribution in [3.05, 3.63) is 29.6 Å². The molecule has 2 aliphatic rings. The third kappa shape index (κ3) is 2.57. The first-order valence-electron chi connectivity index (χ1n) is 7.14. The maximum absolute atomic E-state index is 13.4. The highest BCUT2D eigenvalue weighted by molar-refractivity contribution is 5.94. The highest BCUT2D eigenvalue weighted by atomic mass is 19.1. The third-order valence-electron chi connectivity index (χ3n) is 4.21. The van der Waals surface area contributed by atoms with Crippen LogP contribution in [0.3, 0.4) is 0 Å². The second-order valence-electron chi connectivity index (χ2n) is 5.54. The van der Waals surface area contributed by atoms with Gasteiger partial charge in [-0.25, -0.2) is 9.18 Å². The van der Waals surface area contributed by atoms with Crippen LogP contribution in [-0.4, -0.2) is 41.1 Å². The number of hydrogen-bond acceptors (Lipinski definition) is 2. The van der Waals surface area contributed by atoms with E-state index in [1.807, 2.05) is 0 Å². The van der Waals surface area contributed by atoms with Crippen molar-refractivity contribution in [2.75, 3.05) is 18.0 Å². The molecule has 2 heterocycles. The van der Waals surface area contributed by atoms with Crippen LogP contribution in [0.2, 0.25) is 0 Å². The molecule has 0 saturated carbocycles. The predicted octanol–water partition coefficient (Wildman–Crippen LogP) is 2.25. The molecule has 0 aromatic heterocycles. The fraction of sp³-hybridized carbons (Fsp3) is 0.467. The zero-order valence-electron chi connectivity index (χ0n) is 11.6. The fourth-order valence-corrected chi connectivity index (χ4v) is 3.21. The van der Waals surface area contributed by atoms with Gasteiger partial charge in [0, 0.05) is 19.1 Å². The van der Waals surface area contributed by atoms with Crippen molar-refractivity contribution >= 4 is 17.7 Å². The zero-order valence-corrected chi connectivity index (χ0v) is 11.6. The third-order valence-corrected chi connectivity index (χ3v) is 4.21. The van der Waals surface area contributed by atoms with Crippen molar-refractivity contribution in [3.63, 3.8) is 0 Å². The molecule has 1 fully saturated rings. The number of benzene rings is 1. The van der Waals surface area contributed by atoms with Gasteiger partial charge in [-0.3, -0.25) is 9.69 Å². The summed E-state index contributed by atoms with van der Waals surface area (Å²) in [5.41, 5.74) is 1.57. The lowest BCUT2D eigenvalue weighted by Gasteiger charge is -2.29. The first kappa shape index (κ1) is 13.9. The van der Waals surface area contributed by atoms with Gasteiger partial charge in [-0.05, 0) is 37.0 Å². The molecule has 0 spiro atoms. The second-order valence-corrected chi connectivity index (χ2v) is 5.54. The van der Waals surface area contributed by atoms with Crippen LogP contribution < -0.4 is 4.90 Å². The quantitative estimate of drug-likeness (QED) is 0.909. The number of urea groups is 1. The lowest BCUT2D eigenvalue weighted by molar-refractivity contribution is -0.137. The molecular formula is C15H17FN2O3. The molecule has 1 unspecified atom stereocenters. The molecule has 0 bridgehead atoms. The number of carboxylic acid groups (broad SMARTS) is 1. The Morgan fingerprint density at radius 3 is 2.90 bits per heavy atom. The number of carbonyl (C=O) groups excluding carboxylic acids is 1. The lowest BCUT2D eigenvalue weighted by Crippen LogP contribution is -2.45. The zero-order chi connectivity index (χ0) is 15.0. The molecule has 0 radical (unpaired) electrons. The van der Waals surface area contributed by atoms with E-state index in [1.54, 1.807) is 15.9 Å². The van der Waals surface area contributed by atoms with Crippen LogP contribution >= 0.6 is 0 Å². The summed E-state index contributed by atoms with van der Waals surface area (Å²) < 4.78 is 13.4. The molecule has 1 aromatic carbocycles. The molecule has 0 aliphatic carbocycles. The van der Waals surface area contributed by atoms with Gasteiger partial charge in [-0.2, -0.15) is 0 Å². The first-order valence-corrected chi connectivity index (χ1v) is 7.14. The van der Waals surface area contributed by atoms with E-state index in [0.29, 0.717) is 31.6 Å². The Labute approximate surface area is 122 Å². The van der Waals surface area contributed by atoms with Crippen LogP contribution in [-0.2, 0) is 11.2 Å². The van der Waals surface area contributed by atoms with Gasteiger partial charge in [-0.15, -0.1) is 0 Å². The summed E-state index contributed by atoms with van der Waals surface area (Å²) in [7, 11) is 0. The summed E-state index contributed by atoms with van der Waals surface area (Å²) >= 11 is 0. The monoisotopic (exact) mass is 292 g/mol. The minimum absolute atomic E-state index is 0.0322.